The van der Waals surface area contributed by atoms with Crippen molar-refractivity contribution in [3.8, 4) is 0 Å². The lowest BCUT2D eigenvalue weighted by molar-refractivity contribution is 0.0516. The van der Waals surface area contributed by atoms with E-state index >= 15 is 0 Å². The van der Waals surface area contributed by atoms with Gasteiger partial charge in [0, 0.05) is 11.5 Å². The number of ether oxygens (including phenoxy) is 1. The summed E-state index contributed by atoms with van der Waals surface area (Å²) in [5, 5.41) is 0.444. The van der Waals surface area contributed by atoms with Gasteiger partial charge in [0.2, 0.25) is 0 Å². The molecule has 0 amide bonds. The molecule has 8 heteroatoms. The molecule has 1 aromatic heterocycles. The lowest BCUT2D eigenvalue weighted by atomic mass is 10.2. The summed E-state index contributed by atoms with van der Waals surface area (Å²) in [7, 11) is 0. The molecule has 0 bridgehead atoms. The SMILES string of the molecule is CCOC(=O)c1cc(=O)c2ccccc2n1P(=S)(OCC)OCC. The van der Waals surface area contributed by atoms with E-state index in [1.54, 1.807) is 45.0 Å². The molecule has 0 saturated heterocycles. The Morgan fingerprint density at radius 1 is 1.12 bits per heavy atom. The van der Waals surface area contributed by atoms with Gasteiger partial charge < -0.3 is 13.8 Å². The summed E-state index contributed by atoms with van der Waals surface area (Å²) in [6.45, 7) is 3.08. The summed E-state index contributed by atoms with van der Waals surface area (Å²) in [6.07, 6.45) is 0. The van der Waals surface area contributed by atoms with Crippen molar-refractivity contribution in [3.63, 3.8) is 0 Å². The van der Waals surface area contributed by atoms with E-state index in [4.69, 9.17) is 25.6 Å². The fourth-order valence-corrected chi connectivity index (χ4v) is 5.31. The molecular weight excluding hydrogens is 349 g/mol. The third-order valence-electron chi connectivity index (χ3n) is 3.21. The smallest absolute Gasteiger partial charge is 0.355 e. The quantitative estimate of drug-likeness (QED) is 0.551. The molecule has 0 aliphatic heterocycles. The Balaban J connectivity index is 2.88. The minimum atomic E-state index is -3.04. The van der Waals surface area contributed by atoms with Crippen molar-refractivity contribution < 1.29 is 18.6 Å². The zero-order chi connectivity index (χ0) is 17.7. The van der Waals surface area contributed by atoms with Crippen LogP contribution in [0.5, 0.6) is 0 Å². The molecule has 0 N–H and O–H groups in total. The Hall–Kier alpha value is -1.53. The lowest BCUT2D eigenvalue weighted by Gasteiger charge is -2.27. The first kappa shape index (κ1) is 18.8. The molecule has 0 saturated carbocycles. The van der Waals surface area contributed by atoms with Crippen LogP contribution >= 0.6 is 6.64 Å². The molecule has 0 aliphatic carbocycles. The van der Waals surface area contributed by atoms with Crippen molar-refractivity contribution in [1.29, 1.82) is 0 Å². The number of esters is 1. The van der Waals surface area contributed by atoms with E-state index in [1.165, 1.54) is 10.4 Å². The number of carbonyl (C=O) groups is 1. The van der Waals surface area contributed by atoms with Crippen LogP contribution in [0.15, 0.2) is 35.1 Å². The van der Waals surface area contributed by atoms with Crippen LogP contribution in [0.3, 0.4) is 0 Å². The normalized spacial score (nSPS) is 11.6. The van der Waals surface area contributed by atoms with Gasteiger partial charge in [0.25, 0.3) is 6.64 Å². The fraction of sp³-hybridized carbons (Fsp3) is 0.375. The van der Waals surface area contributed by atoms with Gasteiger partial charge in [0.1, 0.15) is 5.69 Å². The number of benzene rings is 1. The van der Waals surface area contributed by atoms with Crippen LogP contribution in [0.2, 0.25) is 0 Å². The highest BCUT2D eigenvalue weighted by Gasteiger charge is 2.29. The predicted molar refractivity (Wildman–Crippen MR) is 97.1 cm³/mol. The van der Waals surface area contributed by atoms with Crippen LogP contribution in [0.1, 0.15) is 31.3 Å². The third kappa shape index (κ3) is 3.59. The van der Waals surface area contributed by atoms with Gasteiger partial charge in [-0.3, -0.25) is 9.13 Å². The minimum Gasteiger partial charge on any atom is -0.461 e. The molecule has 1 aromatic carbocycles. The fourth-order valence-electron chi connectivity index (χ4n) is 2.35. The maximum absolute atomic E-state index is 12.4. The Kier molecular flexibility index (Phi) is 6.29. The molecule has 0 unspecified atom stereocenters. The molecule has 0 spiro atoms. The average Bonchev–Trinajstić information content (AvgIpc) is 2.55. The maximum atomic E-state index is 12.4. The Morgan fingerprint density at radius 3 is 2.33 bits per heavy atom. The van der Waals surface area contributed by atoms with Crippen molar-refractivity contribution in [2.45, 2.75) is 20.8 Å². The summed E-state index contributed by atoms with van der Waals surface area (Å²) in [5.41, 5.74) is 0.267. The Labute approximate surface area is 145 Å². The first-order valence-corrected chi connectivity index (χ1v) is 10.3. The highest BCUT2D eigenvalue weighted by atomic mass is 32.5. The standard InChI is InChI=1S/C16H20NO5PS/c1-4-20-16(19)14-11-15(18)12-9-7-8-10-13(12)17(14)23(24,21-5-2)22-6-3/h7-11H,4-6H2,1-3H3. The van der Waals surface area contributed by atoms with Crippen molar-refractivity contribution >= 4 is 35.3 Å². The summed E-state index contributed by atoms with van der Waals surface area (Å²) < 4.78 is 18.1. The number of hydrogen-bond acceptors (Lipinski definition) is 6. The first-order valence-electron chi connectivity index (χ1n) is 7.70. The van der Waals surface area contributed by atoms with Gasteiger partial charge in [-0.15, -0.1) is 0 Å². The number of hydrogen-bond donors (Lipinski definition) is 0. The number of carbonyl (C=O) groups excluding carboxylic acids is 1. The highest BCUT2D eigenvalue weighted by molar-refractivity contribution is 8.09. The summed E-state index contributed by atoms with van der Waals surface area (Å²) in [4.78, 5) is 24.8. The van der Waals surface area contributed by atoms with Crippen LogP contribution in [0.25, 0.3) is 10.9 Å². The topological polar surface area (TPSA) is 66.8 Å². The minimum absolute atomic E-state index is 0.0470. The third-order valence-corrected chi connectivity index (χ3v) is 6.42. The van der Waals surface area contributed by atoms with E-state index < -0.39 is 12.6 Å². The van der Waals surface area contributed by atoms with Crippen LogP contribution in [-0.4, -0.2) is 30.1 Å². The van der Waals surface area contributed by atoms with Crippen LogP contribution in [-0.2, 0) is 25.6 Å². The molecule has 0 aliphatic rings. The van der Waals surface area contributed by atoms with E-state index in [0.717, 1.165) is 0 Å². The van der Waals surface area contributed by atoms with Gasteiger partial charge in [-0.25, -0.2) is 4.79 Å². The zero-order valence-corrected chi connectivity index (χ0v) is 15.6. The first-order chi connectivity index (χ1) is 11.5. The van der Waals surface area contributed by atoms with Gasteiger partial charge >= 0.3 is 5.97 Å². The summed E-state index contributed by atoms with van der Waals surface area (Å²) in [5.74, 6) is -0.631. The van der Waals surface area contributed by atoms with E-state index in [9.17, 15) is 9.59 Å². The van der Waals surface area contributed by atoms with Crippen molar-refractivity contribution in [1.82, 2.24) is 4.34 Å². The predicted octanol–water partition coefficient (Wildman–Crippen LogP) is 3.32. The van der Waals surface area contributed by atoms with Crippen LogP contribution in [0.4, 0.5) is 0 Å². The van der Waals surface area contributed by atoms with Gasteiger partial charge in [-0.05, 0) is 44.7 Å². The Bertz CT molecular complexity index is 838. The number of rotatable bonds is 7. The number of para-hydroxylation sites is 1. The van der Waals surface area contributed by atoms with E-state index in [0.29, 0.717) is 24.1 Å². The van der Waals surface area contributed by atoms with Crippen molar-refractivity contribution in [2.24, 2.45) is 0 Å². The second-order valence-electron chi connectivity index (χ2n) is 4.75. The summed E-state index contributed by atoms with van der Waals surface area (Å²) >= 11 is 5.65. The van der Waals surface area contributed by atoms with Crippen LogP contribution < -0.4 is 5.43 Å². The van der Waals surface area contributed by atoms with E-state index in [-0.39, 0.29) is 17.7 Å². The molecule has 2 rings (SSSR count). The zero-order valence-electron chi connectivity index (χ0n) is 13.9. The Morgan fingerprint density at radius 2 is 1.75 bits per heavy atom. The molecular formula is C16H20NO5PS. The van der Waals surface area contributed by atoms with Gasteiger partial charge in [0.05, 0.1) is 25.3 Å². The lowest BCUT2D eigenvalue weighted by Crippen LogP contribution is -2.20. The second-order valence-corrected chi connectivity index (χ2v) is 7.99. The van der Waals surface area contributed by atoms with Gasteiger partial charge in [0.15, 0.2) is 5.43 Å². The van der Waals surface area contributed by atoms with Gasteiger partial charge in [-0.1, -0.05) is 12.1 Å². The number of aromatic nitrogens is 1. The molecule has 2 aromatic rings. The molecule has 130 valence electrons. The molecule has 6 nitrogen and oxygen atoms in total. The molecule has 0 radical (unpaired) electrons. The van der Waals surface area contributed by atoms with Gasteiger partial charge in [-0.2, -0.15) is 0 Å². The second kappa shape index (κ2) is 8.03. The van der Waals surface area contributed by atoms with E-state index in [1.807, 2.05) is 0 Å². The number of nitrogens with zero attached hydrogens (tertiary/aromatic N) is 1. The average molecular weight is 369 g/mol. The van der Waals surface area contributed by atoms with Crippen LogP contribution in [0, 0.1) is 0 Å². The molecule has 1 heterocycles. The molecule has 24 heavy (non-hydrogen) atoms. The summed E-state index contributed by atoms with van der Waals surface area (Å²) in [6, 6.07) is 8.16. The van der Waals surface area contributed by atoms with Crippen molar-refractivity contribution in [2.75, 3.05) is 19.8 Å². The molecule has 0 fully saturated rings. The van der Waals surface area contributed by atoms with E-state index in [2.05, 4.69) is 0 Å². The maximum Gasteiger partial charge on any atom is 0.355 e. The number of pyridine rings is 1. The molecule has 0 atom stereocenters. The largest absolute Gasteiger partial charge is 0.461 e. The monoisotopic (exact) mass is 369 g/mol. The van der Waals surface area contributed by atoms with Crippen molar-refractivity contribution in [3.05, 3.63) is 46.2 Å². The number of fused-ring (bicyclic) bond motifs is 1. The highest BCUT2D eigenvalue weighted by Crippen LogP contribution is 2.52.